The lowest BCUT2D eigenvalue weighted by molar-refractivity contribution is -0.142. The van der Waals surface area contributed by atoms with Crippen molar-refractivity contribution in [1.82, 2.24) is 47.2 Å². The van der Waals surface area contributed by atoms with Crippen LogP contribution in [0.25, 0.3) is 0 Å². The molecule has 1 heterocycles. The molecule has 0 bridgehead atoms. The maximum absolute atomic E-state index is 14.1. The first kappa shape index (κ1) is 62.9. The molecule has 0 aliphatic carbocycles. The smallest absolute Gasteiger partial charge is 0.446 e. The molecule has 0 aliphatic rings. The van der Waals surface area contributed by atoms with Crippen molar-refractivity contribution >= 4 is 87.3 Å². The zero-order valence-corrected chi connectivity index (χ0v) is 43.0. The number of H-pyrrole nitrogens is 1. The van der Waals surface area contributed by atoms with Crippen molar-refractivity contribution in [1.29, 1.82) is 0 Å². The van der Waals surface area contributed by atoms with Gasteiger partial charge in [0, 0.05) is 37.7 Å². The number of carbonyl (C=O) groups excluding carboxylic acids is 8. The van der Waals surface area contributed by atoms with Crippen molar-refractivity contribution in [3.8, 4) is 5.75 Å². The van der Waals surface area contributed by atoms with E-state index in [4.69, 9.17) is 32.6 Å². The molecule has 0 fully saturated rings. The number of aromatic nitrogens is 2. The number of carboxylic acid groups (broad SMARTS) is 2. The molecule has 32 heteroatoms. The molecular formula is C45H62N14O16S2. The number of carbonyl (C=O) groups is 10. The number of rotatable bonds is 34. The number of nitrogens with two attached hydrogens (primary N) is 4. The third kappa shape index (κ3) is 24.2. The first-order chi connectivity index (χ1) is 36.3. The summed E-state index contributed by atoms with van der Waals surface area (Å²) in [5, 5.41) is 35.5. The van der Waals surface area contributed by atoms with E-state index >= 15 is 0 Å². The van der Waals surface area contributed by atoms with Gasteiger partial charge in [0.25, 0.3) is 0 Å². The number of carboxylic acids is 2. The highest BCUT2D eigenvalue weighted by molar-refractivity contribution is 7.98. The Morgan fingerprint density at radius 3 is 1.77 bits per heavy atom. The second-order valence-corrected chi connectivity index (χ2v) is 18.9. The summed E-state index contributed by atoms with van der Waals surface area (Å²) >= 11 is 1.33. The quantitative estimate of drug-likeness (QED) is 0.0115. The fourth-order valence-electron chi connectivity index (χ4n) is 6.99. The van der Waals surface area contributed by atoms with Crippen molar-refractivity contribution in [3.05, 3.63) is 83.9 Å². The Kier molecular flexibility index (Phi) is 25.8. The molecule has 0 aliphatic heterocycles. The van der Waals surface area contributed by atoms with E-state index in [2.05, 4.69) is 51.0 Å². The van der Waals surface area contributed by atoms with Gasteiger partial charge in [-0.05, 0) is 54.5 Å². The van der Waals surface area contributed by atoms with Gasteiger partial charge in [-0.15, -0.1) is 0 Å². The fourth-order valence-corrected chi connectivity index (χ4v) is 7.82. The molecule has 0 unspecified atom stereocenters. The van der Waals surface area contributed by atoms with Gasteiger partial charge in [-0.2, -0.15) is 20.2 Å². The summed E-state index contributed by atoms with van der Waals surface area (Å²) in [6.45, 7) is -0.823. The lowest BCUT2D eigenvalue weighted by atomic mass is 10.0. The van der Waals surface area contributed by atoms with E-state index in [0.717, 1.165) is 12.1 Å². The number of hydrogen-bond acceptors (Lipinski definition) is 17. The Balaban J connectivity index is 1.87. The Labute approximate surface area is 444 Å². The fraction of sp³-hybridized carbons (Fsp3) is 0.422. The van der Waals surface area contributed by atoms with Crippen LogP contribution in [0.1, 0.15) is 48.9 Å². The maximum Gasteiger partial charge on any atom is 0.446 e. The van der Waals surface area contributed by atoms with Crippen LogP contribution in [-0.4, -0.2) is 166 Å². The number of thioether (sulfide) groups is 1. The van der Waals surface area contributed by atoms with Crippen LogP contribution in [0, 0.1) is 0 Å². The van der Waals surface area contributed by atoms with Crippen molar-refractivity contribution in [2.24, 2.45) is 27.9 Å². The van der Waals surface area contributed by atoms with Crippen LogP contribution in [0.3, 0.4) is 0 Å². The van der Waals surface area contributed by atoms with Crippen LogP contribution in [0.5, 0.6) is 5.75 Å². The van der Waals surface area contributed by atoms with Gasteiger partial charge in [-0.3, -0.25) is 57.5 Å². The Hall–Kier alpha value is -8.36. The average molecular weight is 1120 g/mol. The van der Waals surface area contributed by atoms with Crippen molar-refractivity contribution in [2.75, 3.05) is 25.1 Å². The number of aliphatic carboxylic acids is 2. The zero-order valence-electron chi connectivity index (χ0n) is 41.3. The standard InChI is InChI=1S/C45H62N14O16S2/c1-76-15-13-30(42(69)55-29(8-5-14-51-45(48)49)41(68)57-31(38(47)65)16-24-6-3-2-4-7-24)56-43(70)33(18-26-21-50-23-53-26)54-35(60)22-52-40(67)32(17-25-9-11-27(12-10-25)75-77(72,73)74)59-44(71)34(20-37(63)64)58-39(66)28(46)19-36(61)62/h2-4,6-7,9-12,21,23,28-34H,5,8,13-20,22,46H2,1H3,(H2,47,65)(H,50,53)(H,52,67)(H,54,60)(H,55,69)(H,56,70)(H,57,68)(H,58,66)(H,59,71)(H,61,62)(H,63,64)(H4,48,49,51)(H,72,73,74)/t28-,29-,30-,31-,32-,33-,34-/m0/s1. The molecule has 3 rings (SSSR count). The number of guanidine groups is 1. The summed E-state index contributed by atoms with van der Waals surface area (Å²) in [5.41, 5.74) is 23.4. The van der Waals surface area contributed by atoms with E-state index in [9.17, 15) is 61.5 Å². The minimum atomic E-state index is -4.94. The second kappa shape index (κ2) is 31.5. The first-order valence-electron chi connectivity index (χ1n) is 23.2. The Morgan fingerprint density at radius 2 is 1.21 bits per heavy atom. The Bertz CT molecular complexity index is 2660. The maximum atomic E-state index is 14.1. The molecule has 2 aromatic carbocycles. The number of aliphatic imine (C=N–C) groups is 1. The Morgan fingerprint density at radius 1 is 0.675 bits per heavy atom. The normalized spacial score (nSPS) is 13.8. The topological polar surface area (TPSA) is 504 Å². The van der Waals surface area contributed by atoms with Gasteiger partial charge in [0.15, 0.2) is 5.96 Å². The van der Waals surface area contributed by atoms with E-state index in [0.29, 0.717) is 17.0 Å². The van der Waals surface area contributed by atoms with Gasteiger partial charge in [0.1, 0.15) is 42.0 Å². The average Bonchev–Trinajstić information content (AvgIpc) is 3.87. The van der Waals surface area contributed by atoms with Crippen LogP contribution in [0.2, 0.25) is 0 Å². The summed E-state index contributed by atoms with van der Waals surface area (Å²) in [4.78, 5) is 142. The predicted molar refractivity (Wildman–Crippen MR) is 274 cm³/mol. The lowest BCUT2D eigenvalue weighted by Gasteiger charge is -2.26. The molecular weight excluding hydrogens is 1060 g/mol. The molecule has 30 nitrogen and oxygen atoms in total. The second-order valence-electron chi connectivity index (χ2n) is 16.9. The molecule has 19 N–H and O–H groups in total. The zero-order chi connectivity index (χ0) is 57.2. The van der Waals surface area contributed by atoms with Crippen LogP contribution >= 0.6 is 11.8 Å². The highest BCUT2D eigenvalue weighted by atomic mass is 32.3. The minimum absolute atomic E-state index is 0.00924. The third-order valence-electron chi connectivity index (χ3n) is 10.8. The number of nitrogens with zero attached hydrogens (tertiary/aromatic N) is 2. The van der Waals surface area contributed by atoms with Crippen LogP contribution in [-0.2, 0) is 77.6 Å². The molecule has 0 spiro atoms. The highest BCUT2D eigenvalue weighted by Crippen LogP contribution is 2.16. The van der Waals surface area contributed by atoms with Gasteiger partial charge in [0.05, 0.1) is 31.8 Å². The number of amides is 8. The third-order valence-corrected chi connectivity index (χ3v) is 11.8. The van der Waals surface area contributed by atoms with Gasteiger partial charge in [-0.25, -0.2) is 4.98 Å². The summed E-state index contributed by atoms with van der Waals surface area (Å²) < 4.78 is 35.9. The summed E-state index contributed by atoms with van der Waals surface area (Å²) in [5.74, 6) is -11.3. The molecule has 3 aromatic rings. The van der Waals surface area contributed by atoms with Crippen LogP contribution in [0.15, 0.2) is 72.1 Å². The van der Waals surface area contributed by atoms with Crippen molar-refractivity contribution < 1.29 is 75.3 Å². The SMILES string of the molecule is CSCC[C@H](NC(=O)[C@H](Cc1cnc[nH]1)NC(=O)CNC(=O)[C@H](Cc1ccc(OS(=O)(=O)O)cc1)NC(=O)[C@H](CC(=O)O)NC(=O)[C@@H](N)CC(=O)O)C(=O)N[C@@H](CCCN=C(N)N)C(=O)N[C@@H](Cc1ccccc1)C(N)=O. The monoisotopic (exact) mass is 1120 g/mol. The van der Waals surface area contributed by atoms with Crippen LogP contribution in [0.4, 0.5) is 0 Å². The van der Waals surface area contributed by atoms with Crippen molar-refractivity contribution in [2.45, 2.75) is 93.7 Å². The van der Waals surface area contributed by atoms with Gasteiger partial charge in [0.2, 0.25) is 47.3 Å². The summed E-state index contributed by atoms with van der Waals surface area (Å²) in [6.07, 6.45) is 1.90. The van der Waals surface area contributed by atoms with Gasteiger partial charge in [-0.1, -0.05) is 42.5 Å². The van der Waals surface area contributed by atoms with E-state index in [1.165, 1.54) is 36.4 Å². The van der Waals surface area contributed by atoms with E-state index < -0.39 is 138 Å². The van der Waals surface area contributed by atoms with Crippen molar-refractivity contribution in [3.63, 3.8) is 0 Å². The number of primary amides is 1. The summed E-state index contributed by atoms with van der Waals surface area (Å²) in [6, 6.07) is 2.66. The van der Waals surface area contributed by atoms with E-state index in [1.807, 2.05) is 5.32 Å². The molecule has 7 atom stereocenters. The lowest BCUT2D eigenvalue weighted by Crippen LogP contribution is -2.59. The largest absolute Gasteiger partial charge is 0.481 e. The minimum Gasteiger partial charge on any atom is -0.481 e. The molecule has 77 heavy (non-hydrogen) atoms. The highest BCUT2D eigenvalue weighted by Gasteiger charge is 2.33. The number of hydrogen-bond donors (Lipinski definition) is 15. The number of nitrogens with one attached hydrogen (secondary N) is 8. The molecule has 0 saturated heterocycles. The number of aromatic amines is 1. The predicted octanol–water partition coefficient (Wildman–Crippen LogP) is -4.79. The molecule has 1 aromatic heterocycles. The van der Waals surface area contributed by atoms with Crippen LogP contribution < -0.4 is 64.3 Å². The number of benzene rings is 2. The molecule has 0 saturated carbocycles. The van der Waals surface area contributed by atoms with Gasteiger partial charge >= 0.3 is 22.3 Å². The van der Waals surface area contributed by atoms with Gasteiger partial charge < -0.3 is 79.5 Å². The molecule has 8 amide bonds. The molecule has 0 radical (unpaired) electrons. The number of imidazole rings is 1. The summed E-state index contributed by atoms with van der Waals surface area (Å²) in [7, 11) is -4.94. The first-order valence-corrected chi connectivity index (χ1v) is 26.0. The van der Waals surface area contributed by atoms with E-state index in [-0.39, 0.29) is 55.9 Å². The van der Waals surface area contributed by atoms with E-state index in [1.54, 1.807) is 36.6 Å². The molecule has 420 valence electrons.